The predicted octanol–water partition coefficient (Wildman–Crippen LogP) is 16.8. The molecule has 0 heterocycles. The molecule has 0 bridgehead atoms. The third-order valence-corrected chi connectivity index (χ3v) is 12.6. The van der Waals surface area contributed by atoms with Crippen molar-refractivity contribution in [2.75, 3.05) is 4.90 Å². The van der Waals surface area contributed by atoms with Crippen LogP contribution in [0.1, 0.15) is 43.9 Å². The molecule has 0 aromatic heterocycles. The zero-order valence-electron chi connectivity index (χ0n) is 38.7. The Kier molecular flexibility index (Phi) is 10.2. The van der Waals surface area contributed by atoms with Gasteiger partial charge in [0.2, 0.25) is 0 Å². The summed E-state index contributed by atoms with van der Waals surface area (Å²) in [6, 6.07) is 77.3. The van der Waals surface area contributed by atoms with Crippen LogP contribution in [0.4, 0.5) is 17.1 Å². The van der Waals surface area contributed by atoms with Gasteiger partial charge in [-0.25, -0.2) is 0 Å². The Bertz CT molecular complexity index is 3270. The van der Waals surface area contributed by atoms with Gasteiger partial charge >= 0.3 is 0 Å². The van der Waals surface area contributed by atoms with Crippen LogP contribution >= 0.6 is 0 Å². The number of hydrogen-bond acceptors (Lipinski definition) is 1. The molecular formula is C63H49N. The minimum Gasteiger partial charge on any atom is -0.310 e. The summed E-state index contributed by atoms with van der Waals surface area (Å²) in [6.07, 6.45) is 4.79. The Balaban J connectivity index is 1.20. The van der Waals surface area contributed by atoms with Crippen LogP contribution in [0.15, 0.2) is 262 Å². The molecule has 0 radical (unpaired) electrons. The van der Waals surface area contributed by atoms with Crippen LogP contribution in [0.5, 0.6) is 0 Å². The molecule has 9 aromatic carbocycles. The fraction of sp³-hybridized carbons (Fsp3) is 0.0476. The molecule has 1 heteroatoms. The van der Waals surface area contributed by atoms with E-state index in [1.165, 1.54) is 16.7 Å². The molecule has 64 heavy (non-hydrogen) atoms. The molecule has 0 saturated heterocycles. The van der Waals surface area contributed by atoms with E-state index in [2.05, 4.69) is 170 Å². The molecule has 0 fully saturated rings. The Hall–Kier alpha value is -8.00. The maximum absolute atomic E-state index is 9.93. The van der Waals surface area contributed by atoms with E-state index in [1.807, 2.05) is 72.8 Å². The minimum absolute atomic E-state index is 0.0276. The first-order valence-corrected chi connectivity index (χ1v) is 21.9. The van der Waals surface area contributed by atoms with Gasteiger partial charge in [-0.1, -0.05) is 212 Å². The van der Waals surface area contributed by atoms with Crippen molar-refractivity contribution in [1.29, 1.82) is 0 Å². The number of anilines is 3. The van der Waals surface area contributed by atoms with Crippen molar-refractivity contribution in [3.63, 3.8) is 0 Å². The van der Waals surface area contributed by atoms with Crippen molar-refractivity contribution >= 4 is 28.7 Å². The van der Waals surface area contributed by atoms with Gasteiger partial charge in [0, 0.05) is 17.1 Å². The Morgan fingerprint density at radius 2 is 1.06 bits per heavy atom. The molecule has 0 saturated carbocycles. The zero-order chi connectivity index (χ0) is 45.9. The van der Waals surface area contributed by atoms with Crippen molar-refractivity contribution in [2.45, 2.75) is 11.8 Å². The largest absolute Gasteiger partial charge is 0.310 e. The van der Waals surface area contributed by atoms with Crippen molar-refractivity contribution in [2.24, 2.45) is 5.92 Å². The fourth-order valence-electron chi connectivity index (χ4n) is 9.73. The van der Waals surface area contributed by atoms with Gasteiger partial charge in [-0.15, -0.1) is 13.2 Å². The van der Waals surface area contributed by atoms with Crippen LogP contribution in [0.25, 0.3) is 45.0 Å². The third-order valence-electron chi connectivity index (χ3n) is 12.6. The average Bonchev–Trinajstić information content (AvgIpc) is 3.68. The molecule has 0 aliphatic heterocycles. The molecule has 1 nitrogen and oxygen atoms in total. The topological polar surface area (TPSA) is 3.24 Å². The predicted molar refractivity (Wildman–Crippen MR) is 272 cm³/mol. The van der Waals surface area contributed by atoms with Crippen LogP contribution in [-0.4, -0.2) is 0 Å². The first-order chi connectivity index (χ1) is 32.9. The second-order valence-corrected chi connectivity index (χ2v) is 16.2. The van der Waals surface area contributed by atoms with E-state index >= 15 is 0 Å². The molecule has 1 aliphatic rings. The Labute approximate surface area is 382 Å². The maximum Gasteiger partial charge on any atom is 0.0645 e. The monoisotopic (exact) mass is 822 g/mol. The molecule has 0 amide bonds. The number of fused-ring (bicyclic) bond motifs is 3. The molecule has 10 rings (SSSR count). The Morgan fingerprint density at radius 3 is 1.73 bits per heavy atom. The van der Waals surface area contributed by atoms with Crippen molar-refractivity contribution in [3.8, 4) is 33.4 Å². The molecule has 306 valence electrons. The molecular weight excluding hydrogens is 771 g/mol. The summed E-state index contributed by atoms with van der Waals surface area (Å²) in [5.41, 5.74) is 14.7. The van der Waals surface area contributed by atoms with Crippen LogP contribution in [-0.2, 0) is 5.41 Å². The number of benzene rings is 9. The van der Waals surface area contributed by atoms with E-state index in [1.54, 1.807) is 12.1 Å². The van der Waals surface area contributed by atoms with Crippen LogP contribution < -0.4 is 4.90 Å². The highest BCUT2D eigenvalue weighted by Crippen LogP contribution is 2.58. The summed E-state index contributed by atoms with van der Waals surface area (Å²) in [5.74, 6) is -0.0276. The number of rotatable bonds is 13. The average molecular weight is 823 g/mol. The van der Waals surface area contributed by atoms with Gasteiger partial charge in [0.25, 0.3) is 0 Å². The highest BCUT2D eigenvalue weighted by Gasteiger charge is 2.48. The van der Waals surface area contributed by atoms with E-state index in [0.717, 1.165) is 55.9 Å². The maximum atomic E-state index is 9.93. The van der Waals surface area contributed by atoms with Gasteiger partial charge < -0.3 is 4.90 Å². The highest BCUT2D eigenvalue weighted by molar-refractivity contribution is 5.93. The second kappa shape index (κ2) is 17.8. The standard InChI is InChI=1S/C63H49N/c1-3-21-51(4-2)63(52-28-15-8-16-29-52)61-33-20-19-32-58(61)59-43-42-55(45-62(59)63)64(53-38-34-49(35-39-53)57-31-18-17-30-56(57)47-24-11-6-12-25-47)54-40-36-50(37-41-54)60(48-26-13-7-14-27-48)44-46-22-9-5-10-23-46/h3-20,22-45,51H,1-2,21H2/b60-44+/i36D,41D,44D. The van der Waals surface area contributed by atoms with Crippen LogP contribution in [0.3, 0.4) is 0 Å². The van der Waals surface area contributed by atoms with Crippen molar-refractivity contribution in [3.05, 3.63) is 295 Å². The molecule has 0 spiro atoms. The lowest BCUT2D eigenvalue weighted by molar-refractivity contribution is 0.461. The van der Waals surface area contributed by atoms with E-state index in [-0.39, 0.29) is 18.0 Å². The quantitative estimate of drug-likeness (QED) is 0.0827. The second-order valence-electron chi connectivity index (χ2n) is 16.2. The summed E-state index contributed by atoms with van der Waals surface area (Å²) in [5, 5.41) is 0. The lowest BCUT2D eigenvalue weighted by Gasteiger charge is -2.39. The van der Waals surface area contributed by atoms with E-state index in [9.17, 15) is 4.11 Å². The van der Waals surface area contributed by atoms with Crippen LogP contribution in [0.2, 0.25) is 0 Å². The first kappa shape index (κ1) is 36.6. The van der Waals surface area contributed by atoms with Gasteiger partial charge in [0.05, 0.1) is 9.53 Å². The molecule has 2 unspecified atom stereocenters. The van der Waals surface area contributed by atoms with Gasteiger partial charge in [-0.3, -0.25) is 0 Å². The van der Waals surface area contributed by atoms with E-state index in [4.69, 9.17) is 0 Å². The van der Waals surface area contributed by atoms with Gasteiger partial charge in [0.15, 0.2) is 0 Å². The zero-order valence-corrected chi connectivity index (χ0v) is 35.7. The van der Waals surface area contributed by atoms with E-state index in [0.29, 0.717) is 29.3 Å². The van der Waals surface area contributed by atoms with E-state index < -0.39 is 5.41 Å². The lowest BCUT2D eigenvalue weighted by Crippen LogP contribution is -2.35. The summed E-state index contributed by atoms with van der Waals surface area (Å²) >= 11 is 0. The Morgan fingerprint density at radius 1 is 0.500 bits per heavy atom. The van der Waals surface area contributed by atoms with Crippen LogP contribution in [0, 0.1) is 5.92 Å². The SMILES string of the molecule is [2H]/C(=C(/c1ccccc1)c1cc([2H])c(N(c2ccc(-c3ccccc3-c3ccccc3)cc2)c2ccc3c(c2)C(c2ccccc2)(C(C=C)CC=C)c2ccccc2-3)cc1[2H])c1ccccc1. The minimum atomic E-state index is -0.596. The fourth-order valence-corrected chi connectivity index (χ4v) is 9.73. The summed E-state index contributed by atoms with van der Waals surface area (Å²) in [4.78, 5) is 2.12. The number of allylic oxidation sites excluding steroid dienone is 2. The summed E-state index contributed by atoms with van der Waals surface area (Å²) in [7, 11) is 0. The number of nitrogens with zero attached hydrogens (tertiary/aromatic N) is 1. The molecule has 0 N–H and O–H groups in total. The molecule has 1 aliphatic carbocycles. The first-order valence-electron chi connectivity index (χ1n) is 23.4. The summed E-state index contributed by atoms with van der Waals surface area (Å²) in [6.45, 7) is 8.64. The van der Waals surface area contributed by atoms with Crippen molar-refractivity contribution in [1.82, 2.24) is 0 Å². The smallest absolute Gasteiger partial charge is 0.0645 e. The third kappa shape index (κ3) is 7.32. The highest BCUT2D eigenvalue weighted by atomic mass is 15.1. The van der Waals surface area contributed by atoms with Crippen molar-refractivity contribution < 1.29 is 4.11 Å². The lowest BCUT2D eigenvalue weighted by atomic mass is 9.63. The molecule has 9 aromatic rings. The van der Waals surface area contributed by atoms with Gasteiger partial charge in [-0.05, 0) is 127 Å². The van der Waals surface area contributed by atoms with Gasteiger partial charge in [0.1, 0.15) is 0 Å². The normalized spacial score (nSPS) is 15.3. The number of hydrogen-bond donors (Lipinski definition) is 0. The summed E-state index contributed by atoms with van der Waals surface area (Å²) < 4.78 is 29.2. The van der Waals surface area contributed by atoms with Gasteiger partial charge in [-0.2, -0.15) is 0 Å². The molecule has 2 atom stereocenters.